The molecular weight excluding hydrogens is 446 g/mol. The molecule has 2 aliphatic carbocycles. The second-order valence-electron chi connectivity index (χ2n) is 8.58. The molecule has 0 radical (unpaired) electrons. The molecule has 10 heteroatoms. The van der Waals surface area contributed by atoms with Gasteiger partial charge in [0, 0.05) is 25.4 Å². The molecule has 1 amide bonds. The van der Waals surface area contributed by atoms with Gasteiger partial charge in [-0.25, -0.2) is 18.1 Å². The summed E-state index contributed by atoms with van der Waals surface area (Å²) in [7, 11) is -1.90. The topological polar surface area (TPSA) is 97.2 Å². The third kappa shape index (κ3) is 5.35. The van der Waals surface area contributed by atoms with Crippen LogP contribution in [0.2, 0.25) is 0 Å². The molecule has 0 aromatic carbocycles. The Morgan fingerprint density at radius 1 is 1.12 bits per heavy atom. The number of pyridine rings is 1. The molecule has 2 aromatic rings. The van der Waals surface area contributed by atoms with Gasteiger partial charge < -0.3 is 5.32 Å². The zero-order valence-electron chi connectivity index (χ0n) is 18.4. The van der Waals surface area contributed by atoms with Crippen LogP contribution in [0.5, 0.6) is 0 Å². The maximum absolute atomic E-state index is 12.9. The van der Waals surface area contributed by atoms with Crippen molar-refractivity contribution in [3.8, 4) is 0 Å². The number of carbonyl (C=O) groups excluding carboxylic acids is 1. The average Bonchev–Trinajstić information content (AvgIpc) is 3.50. The molecule has 0 bridgehead atoms. The normalized spacial score (nSPS) is 18.3. The minimum absolute atomic E-state index is 0.0594. The minimum Gasteiger partial charge on any atom is -0.310 e. The molecule has 174 valence electrons. The number of hydrogen-bond acceptors (Lipinski definition) is 6. The van der Waals surface area contributed by atoms with E-state index >= 15 is 0 Å². The van der Waals surface area contributed by atoms with Gasteiger partial charge in [-0.1, -0.05) is 43.9 Å². The number of sulfonamides is 1. The first kappa shape index (κ1) is 23.3. The average molecular weight is 478 g/mol. The maximum atomic E-state index is 12.9. The summed E-state index contributed by atoms with van der Waals surface area (Å²) in [5, 5.41) is 7.92. The van der Waals surface area contributed by atoms with E-state index in [-0.39, 0.29) is 22.6 Å². The highest BCUT2D eigenvalue weighted by molar-refractivity contribution is 7.99. The van der Waals surface area contributed by atoms with Crippen LogP contribution in [0.15, 0.2) is 40.5 Å². The van der Waals surface area contributed by atoms with Gasteiger partial charge in [0.2, 0.25) is 15.9 Å². The van der Waals surface area contributed by atoms with E-state index in [0.29, 0.717) is 11.1 Å². The van der Waals surface area contributed by atoms with Gasteiger partial charge in [-0.15, -0.1) is 0 Å². The number of amides is 1. The standard InChI is InChI=1S/C22H31N5O3S2/c1-26(17-7-3-2-4-8-17)32(29,30)19-11-12-22(23-15-19)31-16-21(28)25-20-13-14-24-27(20)18-9-5-6-10-18/h11-15,17-18H,2-10,16H2,1H3,(H,25,28). The first-order valence-electron chi connectivity index (χ1n) is 11.4. The molecule has 0 spiro atoms. The van der Waals surface area contributed by atoms with Gasteiger partial charge in [0.15, 0.2) is 0 Å². The van der Waals surface area contributed by atoms with E-state index in [2.05, 4.69) is 15.4 Å². The lowest BCUT2D eigenvalue weighted by Gasteiger charge is -2.30. The van der Waals surface area contributed by atoms with Crippen molar-refractivity contribution in [3.05, 3.63) is 30.6 Å². The first-order chi connectivity index (χ1) is 15.4. The van der Waals surface area contributed by atoms with Crippen LogP contribution < -0.4 is 5.32 Å². The van der Waals surface area contributed by atoms with E-state index in [1.807, 2.05) is 10.7 Å². The molecule has 1 N–H and O–H groups in total. The van der Waals surface area contributed by atoms with Gasteiger partial charge in [0.25, 0.3) is 0 Å². The Morgan fingerprint density at radius 3 is 2.53 bits per heavy atom. The lowest BCUT2D eigenvalue weighted by molar-refractivity contribution is -0.113. The molecule has 0 saturated heterocycles. The van der Waals surface area contributed by atoms with Gasteiger partial charge in [-0.3, -0.25) is 4.79 Å². The van der Waals surface area contributed by atoms with Crippen LogP contribution in [-0.2, 0) is 14.8 Å². The fraction of sp³-hybridized carbons (Fsp3) is 0.591. The summed E-state index contributed by atoms with van der Waals surface area (Å²) in [4.78, 5) is 16.9. The Morgan fingerprint density at radius 2 is 1.84 bits per heavy atom. The molecule has 2 aliphatic rings. The second kappa shape index (κ2) is 10.4. The highest BCUT2D eigenvalue weighted by Crippen LogP contribution is 2.31. The fourth-order valence-electron chi connectivity index (χ4n) is 4.58. The van der Waals surface area contributed by atoms with Gasteiger partial charge in [0.1, 0.15) is 10.7 Å². The largest absolute Gasteiger partial charge is 0.310 e. The van der Waals surface area contributed by atoms with E-state index in [1.165, 1.54) is 41.5 Å². The fourth-order valence-corrected chi connectivity index (χ4v) is 6.59. The second-order valence-corrected chi connectivity index (χ2v) is 11.6. The van der Waals surface area contributed by atoms with Crippen molar-refractivity contribution in [2.45, 2.75) is 79.8 Å². The summed E-state index contributed by atoms with van der Waals surface area (Å²) in [5.74, 6) is 0.782. The van der Waals surface area contributed by atoms with Crippen molar-refractivity contribution in [2.24, 2.45) is 0 Å². The quantitative estimate of drug-likeness (QED) is 0.576. The predicted molar refractivity (Wildman–Crippen MR) is 125 cm³/mol. The van der Waals surface area contributed by atoms with Crippen molar-refractivity contribution in [1.82, 2.24) is 19.1 Å². The molecule has 0 unspecified atom stereocenters. The molecular formula is C22H31N5O3S2. The Labute approximate surface area is 194 Å². The molecule has 0 atom stereocenters. The Hall–Kier alpha value is -1.91. The maximum Gasteiger partial charge on any atom is 0.244 e. The lowest BCUT2D eigenvalue weighted by atomic mass is 9.96. The van der Waals surface area contributed by atoms with Gasteiger partial charge in [-0.05, 0) is 37.8 Å². The van der Waals surface area contributed by atoms with Crippen molar-refractivity contribution in [2.75, 3.05) is 18.1 Å². The van der Waals surface area contributed by atoms with E-state index in [0.717, 1.165) is 44.3 Å². The Kier molecular flexibility index (Phi) is 7.52. The van der Waals surface area contributed by atoms with Crippen LogP contribution in [0.25, 0.3) is 0 Å². The van der Waals surface area contributed by atoms with Crippen LogP contribution >= 0.6 is 11.8 Å². The predicted octanol–water partition coefficient (Wildman–Crippen LogP) is 4.08. The number of thioether (sulfide) groups is 1. The van der Waals surface area contributed by atoms with Gasteiger partial charge >= 0.3 is 0 Å². The highest BCUT2D eigenvalue weighted by atomic mass is 32.2. The van der Waals surface area contributed by atoms with Crippen LogP contribution in [0.1, 0.15) is 63.8 Å². The summed E-state index contributed by atoms with van der Waals surface area (Å²) in [5.41, 5.74) is 0. The van der Waals surface area contributed by atoms with Crippen molar-refractivity contribution < 1.29 is 13.2 Å². The number of anilines is 1. The third-order valence-corrected chi connectivity index (χ3v) is 9.27. The van der Waals surface area contributed by atoms with Crippen molar-refractivity contribution in [1.29, 1.82) is 0 Å². The SMILES string of the molecule is CN(C1CCCCC1)S(=O)(=O)c1ccc(SCC(=O)Nc2ccnn2C2CCCC2)nc1. The molecule has 2 heterocycles. The third-order valence-electron chi connectivity index (χ3n) is 6.43. The molecule has 8 nitrogen and oxygen atoms in total. The summed E-state index contributed by atoms with van der Waals surface area (Å²) < 4.78 is 29.3. The van der Waals surface area contributed by atoms with E-state index in [9.17, 15) is 13.2 Å². The molecule has 2 saturated carbocycles. The zero-order valence-corrected chi connectivity index (χ0v) is 20.1. The molecule has 0 aliphatic heterocycles. The van der Waals surface area contributed by atoms with Crippen molar-refractivity contribution in [3.63, 3.8) is 0 Å². The zero-order chi connectivity index (χ0) is 22.6. The Bertz CT molecular complexity index is 1010. The van der Waals surface area contributed by atoms with E-state index in [1.54, 1.807) is 25.4 Å². The van der Waals surface area contributed by atoms with Crippen LogP contribution in [0.3, 0.4) is 0 Å². The summed E-state index contributed by atoms with van der Waals surface area (Å²) in [6.07, 6.45) is 12.8. The number of nitrogens with zero attached hydrogens (tertiary/aromatic N) is 4. The summed E-state index contributed by atoms with van der Waals surface area (Å²) in [6.45, 7) is 0. The van der Waals surface area contributed by atoms with Crippen LogP contribution in [0, 0.1) is 0 Å². The number of nitrogens with one attached hydrogen (secondary N) is 1. The Balaban J connectivity index is 1.32. The lowest BCUT2D eigenvalue weighted by Crippen LogP contribution is -2.38. The highest BCUT2D eigenvalue weighted by Gasteiger charge is 2.29. The van der Waals surface area contributed by atoms with Crippen LogP contribution in [-0.4, -0.2) is 52.2 Å². The molecule has 4 rings (SSSR count). The number of rotatable bonds is 8. The van der Waals surface area contributed by atoms with E-state index in [4.69, 9.17) is 0 Å². The molecule has 2 aromatic heterocycles. The smallest absolute Gasteiger partial charge is 0.244 e. The number of hydrogen-bond donors (Lipinski definition) is 1. The monoisotopic (exact) mass is 477 g/mol. The van der Waals surface area contributed by atoms with E-state index < -0.39 is 10.0 Å². The summed E-state index contributed by atoms with van der Waals surface area (Å²) >= 11 is 1.28. The first-order valence-corrected chi connectivity index (χ1v) is 13.8. The minimum atomic E-state index is -3.56. The molecule has 2 fully saturated rings. The number of carbonyl (C=O) groups is 1. The van der Waals surface area contributed by atoms with Crippen LogP contribution in [0.4, 0.5) is 5.82 Å². The van der Waals surface area contributed by atoms with Crippen molar-refractivity contribution >= 4 is 33.5 Å². The molecule has 32 heavy (non-hydrogen) atoms. The summed E-state index contributed by atoms with van der Waals surface area (Å²) in [6, 6.07) is 5.49. The van der Waals surface area contributed by atoms with Gasteiger partial charge in [0.05, 0.1) is 23.0 Å². The number of aromatic nitrogens is 3. The van der Waals surface area contributed by atoms with Gasteiger partial charge in [-0.2, -0.15) is 9.40 Å².